The van der Waals surface area contributed by atoms with Crippen LogP contribution in [0.2, 0.25) is 18.1 Å². The smallest absolute Gasteiger partial charge is 0.441 e. The zero-order chi connectivity index (χ0) is 45.7. The Morgan fingerprint density at radius 1 is 0.721 bits per heavy atom. The van der Waals surface area contributed by atoms with Crippen LogP contribution in [0.25, 0.3) is 31.9 Å². The molecule has 0 saturated carbocycles. The lowest BCUT2D eigenvalue weighted by molar-refractivity contribution is -0.146. The van der Waals surface area contributed by atoms with Gasteiger partial charge in [-0.15, -0.1) is 0 Å². The Labute approximate surface area is 350 Å². The van der Waals surface area contributed by atoms with Gasteiger partial charge in [-0.3, -0.25) is 19.2 Å². The molecule has 0 aliphatic carbocycles. The van der Waals surface area contributed by atoms with E-state index >= 15 is 0 Å². The van der Waals surface area contributed by atoms with Crippen LogP contribution in [-0.4, -0.2) is 94.0 Å². The fourth-order valence-electron chi connectivity index (χ4n) is 5.95. The number of β-lactam (4-membered cyclic amide) rings is 2. The molecule has 2 aromatic rings. The molecule has 2 saturated heterocycles. The number of hydrogen-bond acceptors (Lipinski definition) is 12. The van der Waals surface area contributed by atoms with Crippen LogP contribution >= 0.6 is 0 Å². The number of carbonyl (C=O) groups excluding carboxylic acids is 6. The maximum absolute atomic E-state index is 12.6. The van der Waals surface area contributed by atoms with Crippen molar-refractivity contribution in [3.8, 4) is 0 Å². The number of nitrogens with zero attached hydrogens (tertiary/aromatic N) is 10. The summed E-state index contributed by atoms with van der Waals surface area (Å²) < 4.78 is 16.3. The number of ether oxygens (including phenoxy) is 2. The van der Waals surface area contributed by atoms with E-state index in [1.807, 2.05) is 6.92 Å². The first-order valence-electron chi connectivity index (χ1n) is 18.8. The van der Waals surface area contributed by atoms with E-state index in [0.717, 1.165) is 0 Å². The Morgan fingerprint density at radius 3 is 1.41 bits per heavy atom. The molecule has 2 fully saturated rings. The molecule has 0 aromatic heterocycles. The Balaban J connectivity index is 0.000000334. The summed E-state index contributed by atoms with van der Waals surface area (Å²) >= 11 is 0. The van der Waals surface area contributed by atoms with Crippen molar-refractivity contribution in [1.82, 2.24) is 10.6 Å². The number of benzene rings is 2. The number of carbonyl (C=O) groups is 6. The molecular formula is C38H46N12O10Si. The highest BCUT2D eigenvalue weighted by Crippen LogP contribution is 2.39. The maximum Gasteiger partial charge on any atom is 0.441 e. The molecule has 0 spiro atoms. The third-order valence-corrected chi connectivity index (χ3v) is 14.9. The molecule has 23 heteroatoms. The summed E-state index contributed by atoms with van der Waals surface area (Å²) in [6.07, 6.45) is -1.90. The zero-order valence-corrected chi connectivity index (χ0v) is 35.5. The average Bonchev–Trinajstić information content (AvgIpc) is 3.17. The summed E-state index contributed by atoms with van der Waals surface area (Å²) in [6, 6.07) is 11.2. The topological polar surface area (TPSA) is 345 Å². The number of Topliss-reactive ketones (excluding diaryl/α,β-unsaturated/α-hetero) is 2. The SMILES string of the molecule is C[C@@H](O)[C@H]1C(=O)N[C@@H]1CC(=O)C(=[N+]=[N-])C(=O)OCc1ccc(N=[N+]=[N-])cc1.C[C@@H](O[Si](C)(C)C(C)(C)C)[C@H]1C(=O)N[C@@H]1CC(=O)C(=[N+]=[N-])C(=O)OCc1ccc(N=[N+]=[N-])cc1. The van der Waals surface area contributed by atoms with E-state index in [1.165, 1.54) is 19.1 Å². The van der Waals surface area contributed by atoms with Crippen molar-refractivity contribution in [3.63, 3.8) is 0 Å². The van der Waals surface area contributed by atoms with E-state index < -0.39 is 85.3 Å². The number of esters is 2. The Kier molecular flexibility index (Phi) is 17.1. The second-order valence-electron chi connectivity index (χ2n) is 15.6. The third kappa shape index (κ3) is 13.1. The highest BCUT2D eigenvalue weighted by molar-refractivity contribution is 6.74. The first kappa shape index (κ1) is 48.5. The number of aliphatic hydroxyl groups is 1. The summed E-state index contributed by atoms with van der Waals surface area (Å²) in [5, 5.41) is 21.5. The van der Waals surface area contributed by atoms with Crippen molar-refractivity contribution in [2.24, 2.45) is 22.1 Å². The van der Waals surface area contributed by atoms with Gasteiger partial charge in [0, 0.05) is 34.0 Å². The first-order chi connectivity index (χ1) is 28.7. The molecule has 61 heavy (non-hydrogen) atoms. The van der Waals surface area contributed by atoms with Gasteiger partial charge in [0.15, 0.2) is 8.32 Å². The van der Waals surface area contributed by atoms with E-state index in [4.69, 9.17) is 30.5 Å². The average molecular weight is 859 g/mol. The molecule has 4 rings (SSSR count). The van der Waals surface area contributed by atoms with E-state index in [-0.39, 0.29) is 37.0 Å². The molecule has 2 amide bonds. The molecule has 0 unspecified atom stereocenters. The summed E-state index contributed by atoms with van der Waals surface area (Å²) in [7, 11) is -2.14. The van der Waals surface area contributed by atoms with Gasteiger partial charge in [-0.2, -0.15) is 9.58 Å². The Bertz CT molecular complexity index is 2220. The van der Waals surface area contributed by atoms with Gasteiger partial charge in [0.2, 0.25) is 11.8 Å². The largest absolute Gasteiger partial charge is 0.452 e. The van der Waals surface area contributed by atoms with Crippen molar-refractivity contribution >= 4 is 66.4 Å². The molecule has 6 atom stereocenters. The van der Waals surface area contributed by atoms with Crippen LogP contribution < -0.4 is 10.6 Å². The zero-order valence-electron chi connectivity index (χ0n) is 34.5. The number of nitrogens with one attached hydrogen (secondary N) is 2. The number of rotatable bonds is 18. The molecule has 322 valence electrons. The molecule has 2 aliphatic rings. The van der Waals surface area contributed by atoms with Crippen LogP contribution in [0.5, 0.6) is 0 Å². The summed E-state index contributed by atoms with van der Waals surface area (Å²) in [4.78, 5) is 83.5. The molecule has 3 N–H and O–H groups in total. The summed E-state index contributed by atoms with van der Waals surface area (Å²) in [6.45, 7) is 13.3. The van der Waals surface area contributed by atoms with Gasteiger partial charge < -0.3 is 40.7 Å². The van der Waals surface area contributed by atoms with Crippen molar-refractivity contribution in [1.29, 1.82) is 0 Å². The van der Waals surface area contributed by atoms with E-state index in [1.54, 1.807) is 36.4 Å². The number of amides is 2. The second-order valence-corrected chi connectivity index (χ2v) is 20.4. The minimum absolute atomic E-state index is 0.0451. The van der Waals surface area contributed by atoms with Gasteiger partial charge in [0.05, 0.1) is 36.1 Å². The minimum Gasteiger partial charge on any atom is -0.452 e. The van der Waals surface area contributed by atoms with Crippen molar-refractivity contribution in [3.05, 3.63) is 91.6 Å². The van der Waals surface area contributed by atoms with Crippen molar-refractivity contribution in [2.45, 2.75) is 103 Å². The van der Waals surface area contributed by atoms with Gasteiger partial charge in [0.25, 0.3) is 11.6 Å². The maximum atomic E-state index is 12.6. The Hall–Kier alpha value is -6.82. The lowest BCUT2D eigenvalue weighted by Crippen LogP contribution is -2.64. The standard InChI is InChI=1S/C22H30N6O5Si.C16H16N6O5/c1-13(33-34(5,6)22(2,3)4)18-16(25-20(18)30)11-17(29)19(26-23)21(31)32-12-14-7-9-15(10-8-14)27-28-24;1-8(23)13-11(19-15(13)25)6-12(24)14(20-17)16(26)27-7-9-2-4-10(5-3-9)21-22-18/h7-10,13,16,18H,11-12H2,1-6H3,(H,25,30);2-5,8,11,13,23H,6-7H2,1H3,(H,19,25)/t13-,16-,18-;8-,11-,13-/m11/s1. The summed E-state index contributed by atoms with van der Waals surface area (Å²) in [5.41, 5.74) is 35.4. The van der Waals surface area contributed by atoms with E-state index in [9.17, 15) is 39.4 Å². The first-order valence-corrected chi connectivity index (χ1v) is 21.7. The van der Waals surface area contributed by atoms with Crippen LogP contribution in [0, 0.1) is 11.8 Å². The molecule has 2 heterocycles. The van der Waals surface area contributed by atoms with Crippen LogP contribution in [0.3, 0.4) is 0 Å². The highest BCUT2D eigenvalue weighted by Gasteiger charge is 2.49. The lowest BCUT2D eigenvalue weighted by atomic mass is 9.82. The molecule has 2 aliphatic heterocycles. The molecule has 0 bridgehead atoms. The van der Waals surface area contributed by atoms with Gasteiger partial charge in [-0.1, -0.05) is 79.5 Å². The molecule has 0 radical (unpaired) electrons. The lowest BCUT2D eigenvalue weighted by Gasteiger charge is -2.45. The highest BCUT2D eigenvalue weighted by atomic mass is 28.4. The fourth-order valence-corrected chi connectivity index (χ4v) is 7.38. The predicted octanol–water partition coefficient (Wildman–Crippen LogP) is 4.62. The van der Waals surface area contributed by atoms with Gasteiger partial charge in [-0.05, 0) is 54.2 Å². The normalized spacial score (nSPS) is 18.6. The number of aliphatic hydroxyl groups excluding tert-OH is 1. The van der Waals surface area contributed by atoms with Crippen LogP contribution in [0.15, 0.2) is 58.8 Å². The number of ketones is 2. The van der Waals surface area contributed by atoms with Crippen molar-refractivity contribution in [2.75, 3.05) is 0 Å². The Morgan fingerprint density at radius 2 is 1.10 bits per heavy atom. The van der Waals surface area contributed by atoms with Crippen LogP contribution in [0.4, 0.5) is 11.4 Å². The van der Waals surface area contributed by atoms with Gasteiger partial charge in [0.1, 0.15) is 13.2 Å². The predicted molar refractivity (Wildman–Crippen MR) is 217 cm³/mol. The van der Waals surface area contributed by atoms with E-state index in [0.29, 0.717) is 22.5 Å². The minimum atomic E-state index is -2.14. The third-order valence-electron chi connectivity index (χ3n) is 10.3. The second kappa shape index (κ2) is 21.4. The van der Waals surface area contributed by atoms with Crippen LogP contribution in [-0.2, 0) is 55.9 Å². The molecule has 2 aromatic carbocycles. The van der Waals surface area contributed by atoms with E-state index in [2.05, 4.69) is 74.1 Å². The van der Waals surface area contributed by atoms with Crippen LogP contribution in [0.1, 0.15) is 58.6 Å². The van der Waals surface area contributed by atoms with Gasteiger partial charge in [-0.25, -0.2) is 9.59 Å². The quantitative estimate of drug-likeness (QED) is 0.0273. The fraction of sp³-hybridized carbons (Fsp3) is 0.474. The monoisotopic (exact) mass is 858 g/mol. The number of azide groups is 2. The summed E-state index contributed by atoms with van der Waals surface area (Å²) in [5.74, 6) is -5.71. The number of hydrogen-bond donors (Lipinski definition) is 3. The molecule has 22 nitrogen and oxygen atoms in total. The van der Waals surface area contributed by atoms with Crippen molar-refractivity contribution < 1.29 is 57.4 Å². The van der Waals surface area contributed by atoms with Gasteiger partial charge >= 0.3 is 23.4 Å². The molecular weight excluding hydrogens is 813 g/mol.